The van der Waals surface area contributed by atoms with E-state index in [1.165, 1.54) is 13.2 Å². The second kappa shape index (κ2) is 3.35. The fraction of sp³-hybridized carbons (Fsp3) is 0.667. The van der Waals surface area contributed by atoms with Gasteiger partial charge in [0, 0.05) is 6.42 Å². The molecule has 0 aliphatic heterocycles. The molecule has 0 aromatic heterocycles. The molecule has 3 heteroatoms. The van der Waals surface area contributed by atoms with Crippen LogP contribution in [-0.4, -0.2) is 23.3 Å². The Kier molecular flexibility index (Phi) is 3.09. The molecule has 0 bridgehead atoms. The van der Waals surface area contributed by atoms with Crippen molar-refractivity contribution in [3.63, 3.8) is 0 Å². The van der Waals surface area contributed by atoms with Crippen LogP contribution in [-0.2, 0) is 9.59 Å². The zero-order chi connectivity index (χ0) is 7.33. The molecule has 0 spiro atoms. The van der Waals surface area contributed by atoms with Gasteiger partial charge in [0.2, 0.25) is 6.29 Å². The minimum atomic E-state index is -1.47. The highest BCUT2D eigenvalue weighted by atomic mass is 16.3. The Morgan fingerprint density at radius 1 is 1.56 bits per heavy atom. The molecule has 1 unspecified atom stereocenters. The molecule has 0 aromatic carbocycles. The molecule has 0 aliphatic carbocycles. The van der Waals surface area contributed by atoms with Gasteiger partial charge in [0.25, 0.3) is 0 Å². The fourth-order valence-corrected chi connectivity index (χ4v) is 0.345. The molecule has 3 nitrogen and oxygen atoms in total. The van der Waals surface area contributed by atoms with Crippen molar-refractivity contribution in [1.29, 1.82) is 0 Å². The quantitative estimate of drug-likeness (QED) is 0.567. The van der Waals surface area contributed by atoms with E-state index >= 15 is 0 Å². The van der Waals surface area contributed by atoms with E-state index in [9.17, 15) is 9.59 Å². The van der Waals surface area contributed by atoms with E-state index in [4.69, 9.17) is 5.11 Å². The van der Waals surface area contributed by atoms with Gasteiger partial charge >= 0.3 is 0 Å². The zero-order valence-electron chi connectivity index (χ0n) is 5.18. The number of aliphatic hydroxyl groups is 1. The fourth-order valence-electron chi connectivity index (χ4n) is 0.345. The Bertz CT molecular complexity index is 107. The van der Waals surface area contributed by atoms with Gasteiger partial charge in [-0.05, 0) is 13.3 Å². The van der Waals surface area contributed by atoms with E-state index in [0.717, 1.165) is 0 Å². The van der Waals surface area contributed by atoms with E-state index in [-0.39, 0.29) is 12.8 Å². The van der Waals surface area contributed by atoms with Crippen molar-refractivity contribution >= 4 is 12.6 Å². The first-order chi connectivity index (χ1) is 4.12. The standard InChI is InChI=1S/C6H8O3/c1-6(9,5-8)3-2-4-7/h9H,2-3H2,1H3. The van der Waals surface area contributed by atoms with Crippen molar-refractivity contribution in [1.82, 2.24) is 0 Å². The van der Waals surface area contributed by atoms with Gasteiger partial charge in [-0.25, -0.2) is 0 Å². The van der Waals surface area contributed by atoms with Crippen molar-refractivity contribution in [2.24, 2.45) is 0 Å². The lowest BCUT2D eigenvalue weighted by Crippen LogP contribution is -2.25. The summed E-state index contributed by atoms with van der Waals surface area (Å²) in [5, 5.41) is 8.85. The summed E-state index contributed by atoms with van der Waals surface area (Å²) in [6.07, 6.45) is 3.14. The Balaban J connectivity index is 3.57. The van der Waals surface area contributed by atoms with Gasteiger partial charge in [-0.3, -0.25) is 9.59 Å². The lowest BCUT2D eigenvalue weighted by atomic mass is 10.0. The lowest BCUT2D eigenvalue weighted by molar-refractivity contribution is 0.120. The summed E-state index contributed by atoms with van der Waals surface area (Å²) >= 11 is 0. The summed E-state index contributed by atoms with van der Waals surface area (Å²) in [5.41, 5.74) is -1.47. The number of hydrogen-bond donors (Lipinski definition) is 1. The maximum absolute atomic E-state index is 9.83. The van der Waals surface area contributed by atoms with Crippen LogP contribution in [0.3, 0.4) is 0 Å². The normalized spacial score (nSPS) is 16.2. The van der Waals surface area contributed by atoms with Gasteiger partial charge < -0.3 is 5.11 Å². The minimum Gasteiger partial charge on any atom is -0.382 e. The number of rotatable bonds is 4. The average Bonchev–Trinajstić information content (AvgIpc) is 1.84. The van der Waals surface area contributed by atoms with Crippen LogP contribution in [0, 0.1) is 0 Å². The van der Waals surface area contributed by atoms with Crippen LogP contribution >= 0.6 is 0 Å². The van der Waals surface area contributed by atoms with Crippen LogP contribution in [0.5, 0.6) is 0 Å². The molecular weight excluding hydrogens is 120 g/mol. The third kappa shape index (κ3) is 3.85. The molecule has 2 radical (unpaired) electrons. The SMILES string of the molecule is CC(O)([C]=O)CC[C]=O. The van der Waals surface area contributed by atoms with Gasteiger partial charge in [0.15, 0.2) is 6.29 Å². The van der Waals surface area contributed by atoms with Crippen molar-refractivity contribution in [3.05, 3.63) is 0 Å². The van der Waals surface area contributed by atoms with Crippen LogP contribution in [0.4, 0.5) is 0 Å². The molecule has 0 saturated carbocycles. The van der Waals surface area contributed by atoms with Crippen LogP contribution in [0.15, 0.2) is 0 Å². The maximum atomic E-state index is 9.83. The second-order valence-corrected chi connectivity index (χ2v) is 2.02. The Labute approximate surface area is 53.7 Å². The van der Waals surface area contributed by atoms with Gasteiger partial charge in [-0.2, -0.15) is 0 Å². The van der Waals surface area contributed by atoms with Crippen LogP contribution in [0.2, 0.25) is 0 Å². The third-order valence-corrected chi connectivity index (χ3v) is 0.934. The summed E-state index contributed by atoms with van der Waals surface area (Å²) < 4.78 is 0. The monoisotopic (exact) mass is 128 g/mol. The maximum Gasteiger partial charge on any atom is 0.232 e. The molecule has 0 saturated heterocycles. The van der Waals surface area contributed by atoms with Gasteiger partial charge in [0.1, 0.15) is 5.60 Å². The predicted molar refractivity (Wildman–Crippen MR) is 31.2 cm³/mol. The van der Waals surface area contributed by atoms with Crippen molar-refractivity contribution in [3.8, 4) is 0 Å². The third-order valence-electron chi connectivity index (χ3n) is 0.934. The molecule has 0 aliphatic rings. The largest absolute Gasteiger partial charge is 0.382 e. The van der Waals surface area contributed by atoms with Gasteiger partial charge in [-0.15, -0.1) is 0 Å². The molecule has 1 N–H and O–H groups in total. The van der Waals surface area contributed by atoms with E-state index in [2.05, 4.69) is 0 Å². The number of carbonyl (C=O) groups excluding carboxylic acids is 2. The summed E-state index contributed by atoms with van der Waals surface area (Å²) in [4.78, 5) is 19.4. The summed E-state index contributed by atoms with van der Waals surface area (Å²) in [5.74, 6) is 0. The first-order valence-electron chi connectivity index (χ1n) is 2.59. The molecule has 0 aromatic rings. The van der Waals surface area contributed by atoms with Crippen LogP contribution in [0.25, 0.3) is 0 Å². The smallest absolute Gasteiger partial charge is 0.232 e. The molecule has 0 heterocycles. The molecular formula is C6H8O3. The van der Waals surface area contributed by atoms with E-state index in [0.29, 0.717) is 0 Å². The molecule has 9 heavy (non-hydrogen) atoms. The summed E-state index contributed by atoms with van der Waals surface area (Å²) in [6.45, 7) is 1.30. The Hall–Kier alpha value is -0.700. The first kappa shape index (κ1) is 8.30. The predicted octanol–water partition coefficient (Wildman–Crippen LogP) is -0.263. The lowest BCUT2D eigenvalue weighted by Gasteiger charge is -2.10. The Morgan fingerprint density at radius 2 is 2.11 bits per heavy atom. The van der Waals surface area contributed by atoms with Crippen molar-refractivity contribution in [2.75, 3.05) is 0 Å². The second-order valence-electron chi connectivity index (χ2n) is 2.02. The van der Waals surface area contributed by atoms with E-state index in [1.807, 2.05) is 0 Å². The molecule has 0 fully saturated rings. The molecule has 0 amide bonds. The van der Waals surface area contributed by atoms with Crippen molar-refractivity contribution in [2.45, 2.75) is 25.4 Å². The molecule has 50 valence electrons. The van der Waals surface area contributed by atoms with E-state index < -0.39 is 5.60 Å². The van der Waals surface area contributed by atoms with Crippen LogP contribution in [0.1, 0.15) is 19.8 Å². The van der Waals surface area contributed by atoms with Gasteiger partial charge in [0.05, 0.1) is 0 Å². The highest BCUT2D eigenvalue weighted by Gasteiger charge is 2.18. The number of hydrogen-bond acceptors (Lipinski definition) is 3. The molecule has 1 atom stereocenters. The van der Waals surface area contributed by atoms with Crippen LogP contribution < -0.4 is 0 Å². The summed E-state index contributed by atoms with van der Waals surface area (Å²) in [7, 11) is 0. The average molecular weight is 128 g/mol. The van der Waals surface area contributed by atoms with Crippen molar-refractivity contribution < 1.29 is 14.7 Å². The minimum absolute atomic E-state index is 0.0717. The molecule has 0 rings (SSSR count). The Morgan fingerprint density at radius 3 is 2.44 bits per heavy atom. The highest BCUT2D eigenvalue weighted by molar-refractivity contribution is 5.63. The zero-order valence-corrected chi connectivity index (χ0v) is 5.18. The van der Waals surface area contributed by atoms with E-state index in [1.54, 1.807) is 6.29 Å². The summed E-state index contributed by atoms with van der Waals surface area (Å²) in [6, 6.07) is 0. The first-order valence-corrected chi connectivity index (χ1v) is 2.59. The topological polar surface area (TPSA) is 54.4 Å². The highest BCUT2D eigenvalue weighted by Crippen LogP contribution is 2.05. The van der Waals surface area contributed by atoms with Gasteiger partial charge in [-0.1, -0.05) is 0 Å².